The first-order valence-electron chi connectivity index (χ1n) is 4.66. The van der Waals surface area contributed by atoms with Crippen LogP contribution in [0.25, 0.3) is 0 Å². The Hall–Kier alpha value is -1.55. The van der Waals surface area contributed by atoms with Gasteiger partial charge in [-0.1, -0.05) is 18.2 Å². The predicted molar refractivity (Wildman–Crippen MR) is 60.2 cm³/mol. The van der Waals surface area contributed by atoms with Crippen LogP contribution in [-0.4, -0.2) is 36.4 Å². The molecule has 1 amide bonds. The van der Waals surface area contributed by atoms with E-state index in [1.54, 1.807) is 24.3 Å². The maximum absolute atomic E-state index is 11.9. The molecule has 0 radical (unpaired) electrons. The van der Waals surface area contributed by atoms with E-state index in [1.807, 2.05) is 6.07 Å². The van der Waals surface area contributed by atoms with Crippen molar-refractivity contribution in [3.05, 3.63) is 35.9 Å². The van der Waals surface area contributed by atoms with E-state index >= 15 is 0 Å². The van der Waals surface area contributed by atoms with Crippen molar-refractivity contribution in [2.75, 3.05) is 19.7 Å². The van der Waals surface area contributed by atoms with Gasteiger partial charge in [0.15, 0.2) is 0 Å². The van der Waals surface area contributed by atoms with Crippen LogP contribution in [0.5, 0.6) is 0 Å². The summed E-state index contributed by atoms with van der Waals surface area (Å²) >= 11 is 5.61. The van der Waals surface area contributed by atoms with Crippen molar-refractivity contribution >= 4 is 23.5 Å². The third-order valence-electron chi connectivity index (χ3n) is 2.00. The Labute approximate surface area is 98.8 Å². The summed E-state index contributed by atoms with van der Waals surface area (Å²) in [6, 6.07) is 8.58. The summed E-state index contributed by atoms with van der Waals surface area (Å²) in [5, 5.41) is 0. The highest BCUT2D eigenvalue weighted by molar-refractivity contribution is 6.19. The summed E-state index contributed by atoms with van der Waals surface area (Å²) < 4.78 is 4.48. The minimum Gasteiger partial charge on any atom is -0.468 e. The number of methoxy groups -OCH3 is 1. The van der Waals surface area contributed by atoms with E-state index in [9.17, 15) is 9.59 Å². The van der Waals surface area contributed by atoms with Crippen LogP contribution >= 0.6 is 11.6 Å². The lowest BCUT2D eigenvalue weighted by molar-refractivity contribution is -0.141. The second kappa shape index (κ2) is 6.12. The van der Waals surface area contributed by atoms with Crippen LogP contribution in [0.15, 0.2) is 30.3 Å². The average Bonchev–Trinajstić information content (AvgIpc) is 2.35. The number of alkyl halides is 1. The number of hydrogen-bond acceptors (Lipinski definition) is 3. The van der Waals surface area contributed by atoms with Gasteiger partial charge in [-0.15, -0.1) is 11.6 Å². The van der Waals surface area contributed by atoms with Crippen molar-refractivity contribution in [3.63, 3.8) is 0 Å². The number of rotatable bonds is 4. The van der Waals surface area contributed by atoms with Crippen molar-refractivity contribution in [1.29, 1.82) is 0 Å². The fourth-order valence-corrected chi connectivity index (χ4v) is 1.35. The Kier molecular flexibility index (Phi) is 4.79. The van der Waals surface area contributed by atoms with Gasteiger partial charge in [-0.25, -0.2) is 0 Å². The third kappa shape index (κ3) is 3.24. The number of hydrogen-bond donors (Lipinski definition) is 0. The van der Waals surface area contributed by atoms with Gasteiger partial charge < -0.3 is 9.64 Å². The Bertz CT molecular complexity index is 367. The molecular formula is C11H12ClNO3. The molecule has 0 aromatic heterocycles. The Morgan fingerprint density at radius 3 is 2.44 bits per heavy atom. The summed E-state index contributed by atoms with van der Waals surface area (Å²) in [5.41, 5.74) is 0.493. The van der Waals surface area contributed by atoms with Crippen molar-refractivity contribution in [3.8, 4) is 0 Å². The first-order chi connectivity index (χ1) is 7.69. The average molecular weight is 242 g/mol. The zero-order valence-corrected chi connectivity index (χ0v) is 9.61. The zero-order valence-electron chi connectivity index (χ0n) is 8.85. The first kappa shape index (κ1) is 12.5. The van der Waals surface area contributed by atoms with Crippen LogP contribution in [0.4, 0.5) is 0 Å². The molecule has 0 spiro atoms. The topological polar surface area (TPSA) is 46.6 Å². The summed E-state index contributed by atoms with van der Waals surface area (Å²) in [6.45, 7) is -0.145. The van der Waals surface area contributed by atoms with E-state index in [1.165, 1.54) is 12.0 Å². The quantitative estimate of drug-likeness (QED) is 0.456. The Morgan fingerprint density at radius 1 is 1.31 bits per heavy atom. The molecule has 0 heterocycles. The molecule has 0 aliphatic carbocycles. The molecule has 4 nitrogen and oxygen atoms in total. The molecule has 0 aliphatic heterocycles. The Morgan fingerprint density at radius 2 is 1.94 bits per heavy atom. The number of benzene rings is 1. The van der Waals surface area contributed by atoms with Crippen molar-refractivity contribution in [1.82, 2.24) is 4.90 Å². The second-order valence-electron chi connectivity index (χ2n) is 3.06. The lowest BCUT2D eigenvalue weighted by Gasteiger charge is -2.18. The fraction of sp³-hybridized carbons (Fsp3) is 0.273. The first-order valence-corrected chi connectivity index (χ1v) is 5.19. The molecule has 0 saturated carbocycles. The number of halogens is 1. The number of esters is 1. The van der Waals surface area contributed by atoms with E-state index in [0.717, 1.165) is 0 Å². The molecule has 1 aromatic carbocycles. The number of ether oxygens (including phenoxy) is 1. The van der Waals surface area contributed by atoms with Crippen LogP contribution in [0.3, 0.4) is 0 Å². The molecule has 0 saturated heterocycles. The normalized spacial score (nSPS) is 9.62. The standard InChI is InChI=1S/C11H12ClNO3/c1-16-10(14)7-13(8-12)11(15)9-5-3-2-4-6-9/h2-6H,7-8H2,1H3. The maximum Gasteiger partial charge on any atom is 0.325 e. The minimum atomic E-state index is -0.495. The summed E-state index contributed by atoms with van der Waals surface area (Å²) in [4.78, 5) is 24.1. The molecule has 0 atom stereocenters. The van der Waals surface area contributed by atoms with Crippen molar-refractivity contribution in [2.24, 2.45) is 0 Å². The van der Waals surface area contributed by atoms with Crippen LogP contribution in [-0.2, 0) is 9.53 Å². The number of carbonyl (C=O) groups excluding carboxylic acids is 2. The third-order valence-corrected chi connectivity index (χ3v) is 2.29. The van der Waals surface area contributed by atoms with E-state index in [2.05, 4.69) is 4.74 Å². The molecule has 0 fully saturated rings. The molecule has 1 aromatic rings. The molecule has 16 heavy (non-hydrogen) atoms. The number of nitrogens with zero attached hydrogens (tertiary/aromatic N) is 1. The van der Waals surface area contributed by atoms with E-state index < -0.39 is 5.97 Å². The van der Waals surface area contributed by atoms with Gasteiger partial charge in [0, 0.05) is 5.56 Å². The zero-order chi connectivity index (χ0) is 12.0. The highest BCUT2D eigenvalue weighted by Gasteiger charge is 2.17. The molecular weight excluding hydrogens is 230 g/mol. The molecule has 0 unspecified atom stereocenters. The van der Waals surface area contributed by atoms with Gasteiger partial charge in [-0.3, -0.25) is 9.59 Å². The Balaban J connectivity index is 2.74. The van der Waals surface area contributed by atoms with Crippen molar-refractivity contribution in [2.45, 2.75) is 0 Å². The van der Waals surface area contributed by atoms with Gasteiger partial charge in [0.25, 0.3) is 5.91 Å². The van der Waals surface area contributed by atoms with Crippen LogP contribution in [0.1, 0.15) is 10.4 Å². The molecule has 0 bridgehead atoms. The summed E-state index contributed by atoms with van der Waals surface area (Å²) in [6.07, 6.45) is 0. The van der Waals surface area contributed by atoms with Crippen LogP contribution in [0, 0.1) is 0 Å². The largest absolute Gasteiger partial charge is 0.468 e. The van der Waals surface area contributed by atoms with E-state index in [0.29, 0.717) is 5.56 Å². The molecule has 5 heteroatoms. The smallest absolute Gasteiger partial charge is 0.325 e. The monoisotopic (exact) mass is 241 g/mol. The lowest BCUT2D eigenvalue weighted by atomic mass is 10.2. The lowest BCUT2D eigenvalue weighted by Crippen LogP contribution is -2.35. The van der Waals surface area contributed by atoms with Crippen molar-refractivity contribution < 1.29 is 14.3 Å². The van der Waals surface area contributed by atoms with Gasteiger partial charge in [0.05, 0.1) is 13.1 Å². The van der Waals surface area contributed by atoms with Gasteiger partial charge in [0.1, 0.15) is 6.54 Å². The van der Waals surface area contributed by atoms with Gasteiger partial charge >= 0.3 is 5.97 Å². The minimum absolute atomic E-state index is 0.0528. The number of carbonyl (C=O) groups is 2. The summed E-state index contributed by atoms with van der Waals surface area (Å²) in [5.74, 6) is -0.786. The van der Waals surface area contributed by atoms with Crippen LogP contribution in [0.2, 0.25) is 0 Å². The SMILES string of the molecule is COC(=O)CN(CCl)C(=O)c1ccccc1. The highest BCUT2D eigenvalue weighted by Crippen LogP contribution is 2.05. The van der Waals surface area contributed by atoms with E-state index in [4.69, 9.17) is 11.6 Å². The van der Waals surface area contributed by atoms with Gasteiger partial charge in [0.2, 0.25) is 0 Å². The highest BCUT2D eigenvalue weighted by atomic mass is 35.5. The van der Waals surface area contributed by atoms with Gasteiger partial charge in [-0.05, 0) is 12.1 Å². The fourth-order valence-electron chi connectivity index (χ4n) is 1.15. The van der Waals surface area contributed by atoms with Crippen LogP contribution < -0.4 is 0 Å². The number of amides is 1. The predicted octanol–water partition coefficient (Wildman–Crippen LogP) is 1.50. The van der Waals surface area contributed by atoms with E-state index in [-0.39, 0.29) is 18.5 Å². The maximum atomic E-state index is 11.9. The molecule has 1 rings (SSSR count). The second-order valence-corrected chi connectivity index (χ2v) is 3.30. The molecule has 0 aliphatic rings. The molecule has 86 valence electrons. The molecule has 0 N–H and O–H groups in total. The summed E-state index contributed by atoms with van der Waals surface area (Å²) in [7, 11) is 1.27. The van der Waals surface area contributed by atoms with Gasteiger partial charge in [-0.2, -0.15) is 0 Å².